The highest BCUT2D eigenvalue weighted by Crippen LogP contribution is 2.14. The first-order valence-corrected chi connectivity index (χ1v) is 18.0. The largest absolute Gasteiger partial charge is 0.394 e. The van der Waals surface area contributed by atoms with Crippen LogP contribution in [0.25, 0.3) is 0 Å². The Kier molecular flexibility index (Phi) is 31.3. The van der Waals surface area contributed by atoms with Crippen molar-refractivity contribution in [2.75, 3.05) is 6.61 Å². The average molecular weight is 582 g/mol. The summed E-state index contributed by atoms with van der Waals surface area (Å²) in [5, 5.41) is 33.3. The second-order valence-corrected chi connectivity index (χ2v) is 12.4. The molecule has 3 atom stereocenters. The molecular formula is C36H71NO4. The first kappa shape index (κ1) is 40.1. The molecule has 0 heterocycles. The van der Waals surface area contributed by atoms with Crippen LogP contribution in [-0.4, -0.2) is 46.1 Å². The molecule has 1 amide bonds. The van der Waals surface area contributed by atoms with Crippen molar-refractivity contribution in [1.29, 1.82) is 0 Å². The molecule has 41 heavy (non-hydrogen) atoms. The fraction of sp³-hybridized carbons (Fsp3) is 0.917. The lowest BCUT2D eigenvalue weighted by atomic mass is 10.0. The molecular weight excluding hydrogens is 510 g/mol. The van der Waals surface area contributed by atoms with Gasteiger partial charge in [0.15, 0.2) is 0 Å². The number of hydrogen-bond acceptors (Lipinski definition) is 4. The quantitative estimate of drug-likeness (QED) is 0.0471. The molecule has 244 valence electrons. The monoisotopic (exact) mass is 582 g/mol. The van der Waals surface area contributed by atoms with E-state index >= 15 is 0 Å². The van der Waals surface area contributed by atoms with E-state index in [1.807, 2.05) is 0 Å². The summed E-state index contributed by atoms with van der Waals surface area (Å²) in [5.41, 5.74) is 0. The van der Waals surface area contributed by atoms with E-state index in [-0.39, 0.29) is 12.5 Å². The Balaban J connectivity index is 3.73. The standard InChI is InChI=1S/C36H71NO4/c1-3-5-7-9-11-13-15-16-17-18-19-21-22-24-26-28-30-34(39)36(41)33(32-38)37-35(40)31-29-27-25-23-20-14-12-10-8-6-4-2/h22,24,33-34,36,38-39,41H,3-21,23,25-32H2,1-2H3,(H,37,40)/b24-22+. The minimum Gasteiger partial charge on any atom is -0.394 e. The first-order valence-electron chi connectivity index (χ1n) is 18.0. The van der Waals surface area contributed by atoms with Crippen molar-refractivity contribution in [2.24, 2.45) is 0 Å². The first-order chi connectivity index (χ1) is 20.1. The minimum absolute atomic E-state index is 0.156. The number of allylic oxidation sites excluding steroid dienone is 2. The van der Waals surface area contributed by atoms with Gasteiger partial charge in [0.2, 0.25) is 5.91 Å². The van der Waals surface area contributed by atoms with Crippen LogP contribution in [0.3, 0.4) is 0 Å². The zero-order valence-corrected chi connectivity index (χ0v) is 27.4. The highest BCUT2D eigenvalue weighted by Gasteiger charge is 2.26. The molecule has 0 bridgehead atoms. The molecule has 0 fully saturated rings. The zero-order valence-electron chi connectivity index (χ0n) is 27.4. The summed E-state index contributed by atoms with van der Waals surface area (Å²) < 4.78 is 0. The van der Waals surface area contributed by atoms with Crippen LogP contribution in [0.5, 0.6) is 0 Å². The van der Waals surface area contributed by atoms with Gasteiger partial charge in [-0.2, -0.15) is 0 Å². The van der Waals surface area contributed by atoms with E-state index in [0.29, 0.717) is 12.8 Å². The molecule has 0 radical (unpaired) electrons. The van der Waals surface area contributed by atoms with E-state index in [2.05, 4.69) is 31.3 Å². The Labute approximate surface area is 255 Å². The summed E-state index contributed by atoms with van der Waals surface area (Å²) in [6.07, 6.45) is 34.5. The van der Waals surface area contributed by atoms with Gasteiger partial charge in [0.25, 0.3) is 0 Å². The second kappa shape index (κ2) is 32.0. The van der Waals surface area contributed by atoms with Crippen molar-refractivity contribution in [2.45, 2.75) is 205 Å². The lowest BCUT2D eigenvalue weighted by Gasteiger charge is -2.26. The van der Waals surface area contributed by atoms with Crippen LogP contribution in [0.15, 0.2) is 12.2 Å². The Morgan fingerprint density at radius 2 is 0.976 bits per heavy atom. The van der Waals surface area contributed by atoms with Crippen molar-refractivity contribution in [1.82, 2.24) is 5.32 Å². The third-order valence-corrected chi connectivity index (χ3v) is 8.37. The maximum atomic E-state index is 12.3. The molecule has 0 aliphatic carbocycles. The molecule has 0 saturated heterocycles. The Hall–Kier alpha value is -0.910. The van der Waals surface area contributed by atoms with Crippen molar-refractivity contribution in [3.8, 4) is 0 Å². The molecule has 0 aliphatic rings. The van der Waals surface area contributed by atoms with Gasteiger partial charge >= 0.3 is 0 Å². The second-order valence-electron chi connectivity index (χ2n) is 12.4. The van der Waals surface area contributed by atoms with Crippen LogP contribution >= 0.6 is 0 Å². The number of unbranched alkanes of at least 4 members (excludes halogenated alkanes) is 22. The normalized spacial score (nSPS) is 14.0. The Morgan fingerprint density at radius 1 is 0.585 bits per heavy atom. The molecule has 0 aromatic heterocycles. The maximum absolute atomic E-state index is 12.3. The molecule has 4 N–H and O–H groups in total. The number of carbonyl (C=O) groups is 1. The van der Waals surface area contributed by atoms with Gasteiger partial charge in [-0.1, -0.05) is 154 Å². The number of nitrogens with one attached hydrogen (secondary N) is 1. The molecule has 0 rings (SSSR count). The van der Waals surface area contributed by atoms with E-state index in [4.69, 9.17) is 0 Å². The molecule has 3 unspecified atom stereocenters. The molecule has 0 aliphatic heterocycles. The molecule has 5 heteroatoms. The molecule has 0 aromatic carbocycles. The summed E-state index contributed by atoms with van der Waals surface area (Å²) in [5.74, 6) is -0.156. The third-order valence-electron chi connectivity index (χ3n) is 8.37. The summed E-state index contributed by atoms with van der Waals surface area (Å²) in [4.78, 5) is 12.3. The Bertz CT molecular complexity index is 568. The van der Waals surface area contributed by atoms with Crippen molar-refractivity contribution in [3.05, 3.63) is 12.2 Å². The third kappa shape index (κ3) is 27.7. The van der Waals surface area contributed by atoms with Crippen molar-refractivity contribution >= 4 is 5.91 Å². The minimum atomic E-state index is -1.15. The van der Waals surface area contributed by atoms with E-state index in [1.54, 1.807) is 0 Å². The van der Waals surface area contributed by atoms with Crippen LogP contribution < -0.4 is 5.32 Å². The maximum Gasteiger partial charge on any atom is 0.220 e. The van der Waals surface area contributed by atoms with Gasteiger partial charge < -0.3 is 20.6 Å². The smallest absolute Gasteiger partial charge is 0.220 e. The highest BCUT2D eigenvalue weighted by molar-refractivity contribution is 5.76. The SMILES string of the molecule is CCCCCCCCCCCCC/C=C/CCCC(O)C(O)C(CO)NC(=O)CCCCCCCCCCCCC. The lowest BCUT2D eigenvalue weighted by molar-refractivity contribution is -0.124. The molecule has 0 aromatic rings. The number of amides is 1. The van der Waals surface area contributed by atoms with E-state index in [9.17, 15) is 20.1 Å². The van der Waals surface area contributed by atoms with Gasteiger partial charge in [0.05, 0.1) is 18.8 Å². The van der Waals surface area contributed by atoms with Crippen LogP contribution in [-0.2, 0) is 4.79 Å². The number of hydrogen-bond donors (Lipinski definition) is 4. The summed E-state index contributed by atoms with van der Waals surface area (Å²) in [6.45, 7) is 4.14. The molecule has 0 saturated carbocycles. The summed E-state index contributed by atoms with van der Waals surface area (Å²) >= 11 is 0. The predicted octanol–water partition coefficient (Wildman–Crippen LogP) is 9.31. The number of carbonyl (C=O) groups excluding carboxylic acids is 1. The number of aliphatic hydroxyl groups is 3. The van der Waals surface area contributed by atoms with Crippen LogP contribution in [0.4, 0.5) is 0 Å². The predicted molar refractivity (Wildman–Crippen MR) is 176 cm³/mol. The zero-order chi connectivity index (χ0) is 30.2. The summed E-state index contributed by atoms with van der Waals surface area (Å²) in [6, 6.07) is -0.818. The highest BCUT2D eigenvalue weighted by atomic mass is 16.3. The summed E-state index contributed by atoms with van der Waals surface area (Å²) in [7, 11) is 0. The van der Waals surface area contributed by atoms with E-state index < -0.39 is 18.2 Å². The van der Waals surface area contributed by atoms with Crippen molar-refractivity contribution < 1.29 is 20.1 Å². The fourth-order valence-electron chi connectivity index (χ4n) is 5.51. The lowest BCUT2D eigenvalue weighted by Crippen LogP contribution is -2.50. The van der Waals surface area contributed by atoms with Gasteiger partial charge in [0.1, 0.15) is 6.10 Å². The van der Waals surface area contributed by atoms with Crippen LogP contribution in [0.1, 0.15) is 187 Å². The van der Waals surface area contributed by atoms with E-state index in [1.165, 1.54) is 122 Å². The van der Waals surface area contributed by atoms with Gasteiger partial charge in [0, 0.05) is 6.42 Å². The van der Waals surface area contributed by atoms with Gasteiger partial charge in [-0.05, 0) is 38.5 Å². The topological polar surface area (TPSA) is 89.8 Å². The average Bonchev–Trinajstić information content (AvgIpc) is 2.97. The van der Waals surface area contributed by atoms with Crippen LogP contribution in [0, 0.1) is 0 Å². The Morgan fingerprint density at radius 3 is 1.41 bits per heavy atom. The van der Waals surface area contributed by atoms with Gasteiger partial charge in [-0.3, -0.25) is 4.79 Å². The van der Waals surface area contributed by atoms with Gasteiger partial charge in [-0.25, -0.2) is 0 Å². The number of rotatable bonds is 32. The number of aliphatic hydroxyl groups excluding tert-OH is 3. The fourth-order valence-corrected chi connectivity index (χ4v) is 5.51. The molecule has 0 spiro atoms. The van der Waals surface area contributed by atoms with E-state index in [0.717, 1.165) is 38.5 Å². The van der Waals surface area contributed by atoms with Crippen molar-refractivity contribution in [3.63, 3.8) is 0 Å². The van der Waals surface area contributed by atoms with Gasteiger partial charge in [-0.15, -0.1) is 0 Å². The molecule has 5 nitrogen and oxygen atoms in total. The van der Waals surface area contributed by atoms with Crippen LogP contribution in [0.2, 0.25) is 0 Å².